The van der Waals surface area contributed by atoms with Gasteiger partial charge in [-0.05, 0) is 29.3 Å². The molecule has 41 heavy (non-hydrogen) atoms. The number of carboxylic acids is 1. The lowest BCUT2D eigenvalue weighted by atomic mass is 10.0. The molecule has 15 heteroatoms. The molecule has 208 valence electrons. The number of para-hydroxylation sites is 3. The number of anilines is 1. The van der Waals surface area contributed by atoms with Gasteiger partial charge in [-0.15, -0.1) is 16.9 Å². The highest BCUT2D eigenvalue weighted by molar-refractivity contribution is 8.01. The summed E-state index contributed by atoms with van der Waals surface area (Å²) in [6.07, 6.45) is 1.44. The molecule has 6 rings (SSSR count). The number of carbonyl (C=O) groups excluding carboxylic acids is 3. The Morgan fingerprint density at radius 2 is 1.95 bits per heavy atom. The van der Waals surface area contributed by atoms with Gasteiger partial charge in [-0.2, -0.15) is 10.3 Å². The van der Waals surface area contributed by atoms with Crippen LogP contribution in [-0.4, -0.2) is 82.0 Å². The number of hydrogen-bond acceptors (Lipinski definition) is 9. The van der Waals surface area contributed by atoms with Gasteiger partial charge in [0.25, 0.3) is 11.8 Å². The monoisotopic (exact) mass is 590 g/mol. The lowest BCUT2D eigenvalue weighted by Crippen LogP contribution is -2.70. The summed E-state index contributed by atoms with van der Waals surface area (Å²) in [5.74, 6) is -1.69. The number of β-lactam (4-membered cyclic amide) rings is 1. The minimum absolute atomic E-state index is 0.0566. The Kier molecular flexibility index (Phi) is 7.19. The summed E-state index contributed by atoms with van der Waals surface area (Å²) in [6.45, 7) is 0. The number of hydrogen-bond donors (Lipinski definition) is 5. The van der Waals surface area contributed by atoms with Crippen molar-refractivity contribution in [2.45, 2.75) is 22.9 Å². The topological polar surface area (TPSA) is 186 Å². The Morgan fingerprint density at radius 3 is 2.73 bits per heavy atom. The van der Waals surface area contributed by atoms with Crippen molar-refractivity contribution in [2.75, 3.05) is 16.8 Å². The molecule has 1 saturated heterocycles. The van der Waals surface area contributed by atoms with Crippen LogP contribution in [0.15, 0.2) is 71.0 Å². The zero-order chi connectivity index (χ0) is 28.5. The molecule has 2 aromatic carbocycles. The maximum Gasteiger partial charge on any atom is 0.352 e. The summed E-state index contributed by atoms with van der Waals surface area (Å²) in [4.78, 5) is 59.5. The highest BCUT2D eigenvalue weighted by atomic mass is 32.2. The Bertz CT molecular complexity index is 1670. The van der Waals surface area contributed by atoms with E-state index in [1.54, 1.807) is 30.3 Å². The van der Waals surface area contributed by atoms with E-state index in [1.165, 1.54) is 34.6 Å². The number of carboxylic acid groups (broad SMARTS) is 1. The van der Waals surface area contributed by atoms with Gasteiger partial charge in [0.15, 0.2) is 5.82 Å². The average Bonchev–Trinajstić information content (AvgIpc) is 3.65. The number of imidazole rings is 1. The summed E-state index contributed by atoms with van der Waals surface area (Å²) >= 11 is 2.71. The lowest BCUT2D eigenvalue weighted by molar-refractivity contribution is -0.150. The van der Waals surface area contributed by atoms with Crippen LogP contribution in [0.2, 0.25) is 0 Å². The van der Waals surface area contributed by atoms with Crippen molar-refractivity contribution < 1.29 is 24.3 Å². The van der Waals surface area contributed by atoms with Crippen LogP contribution in [0.4, 0.5) is 5.69 Å². The molecule has 2 aliphatic rings. The van der Waals surface area contributed by atoms with Crippen LogP contribution < -0.4 is 10.6 Å². The van der Waals surface area contributed by atoms with Crippen LogP contribution in [0.1, 0.15) is 16.2 Å². The molecule has 0 saturated carbocycles. The fourth-order valence-corrected chi connectivity index (χ4v) is 6.92. The smallest absolute Gasteiger partial charge is 0.352 e. The van der Waals surface area contributed by atoms with Crippen LogP contribution >= 0.6 is 23.5 Å². The van der Waals surface area contributed by atoms with Gasteiger partial charge >= 0.3 is 5.97 Å². The van der Waals surface area contributed by atoms with E-state index in [0.717, 1.165) is 5.52 Å². The van der Waals surface area contributed by atoms with Gasteiger partial charge in [-0.1, -0.05) is 42.1 Å². The molecule has 1 unspecified atom stereocenters. The number of nitrogens with one attached hydrogen (secondary N) is 4. The van der Waals surface area contributed by atoms with E-state index in [0.29, 0.717) is 38.9 Å². The van der Waals surface area contributed by atoms with Crippen LogP contribution in [0.5, 0.6) is 0 Å². The van der Waals surface area contributed by atoms with Crippen molar-refractivity contribution >= 4 is 63.9 Å². The molecule has 2 atom stereocenters. The maximum atomic E-state index is 13.0. The summed E-state index contributed by atoms with van der Waals surface area (Å²) in [5, 5.41) is 25.7. The van der Waals surface area contributed by atoms with E-state index in [1.807, 2.05) is 18.2 Å². The summed E-state index contributed by atoms with van der Waals surface area (Å²) < 4.78 is 0. The zero-order valence-electron chi connectivity index (χ0n) is 21.2. The van der Waals surface area contributed by atoms with Crippen LogP contribution in [-0.2, 0) is 20.8 Å². The molecule has 0 radical (unpaired) electrons. The third-order valence-corrected chi connectivity index (χ3v) is 8.90. The first-order valence-electron chi connectivity index (χ1n) is 12.4. The highest BCUT2D eigenvalue weighted by Crippen LogP contribution is 2.41. The molecule has 0 aliphatic carbocycles. The van der Waals surface area contributed by atoms with Gasteiger partial charge in [0.05, 0.1) is 23.7 Å². The number of H-pyrrole nitrogens is 2. The molecule has 1 fully saturated rings. The predicted octanol–water partition coefficient (Wildman–Crippen LogP) is 2.01. The Hall–Kier alpha value is -4.63. The first-order chi connectivity index (χ1) is 19.9. The average molecular weight is 591 g/mol. The minimum atomic E-state index is -1.20. The molecule has 4 heterocycles. The summed E-state index contributed by atoms with van der Waals surface area (Å²) in [5.41, 5.74) is 2.91. The molecule has 3 amide bonds. The molecular formula is C26H22N8O5S2. The quantitative estimate of drug-likeness (QED) is 0.143. The molecule has 13 nitrogen and oxygen atoms in total. The molecule has 4 aromatic rings. The number of fused-ring (bicyclic) bond motifs is 2. The number of nitrogens with zero attached hydrogens (tertiary/aromatic N) is 4. The maximum absolute atomic E-state index is 13.0. The zero-order valence-corrected chi connectivity index (χ0v) is 22.8. The normalized spacial score (nSPS) is 18.1. The second-order valence-corrected chi connectivity index (χ2v) is 11.3. The lowest BCUT2D eigenvalue weighted by Gasteiger charge is -2.49. The summed E-state index contributed by atoms with van der Waals surface area (Å²) in [7, 11) is 0. The molecule has 0 spiro atoms. The number of aromatic nitrogens is 5. The molecule has 5 N–H and O–H groups in total. The van der Waals surface area contributed by atoms with Gasteiger partial charge in [0.2, 0.25) is 5.91 Å². The number of carbonyl (C=O) groups is 4. The third-order valence-electron chi connectivity index (χ3n) is 6.57. The largest absolute Gasteiger partial charge is 0.477 e. The summed E-state index contributed by atoms with van der Waals surface area (Å²) in [6, 6.07) is 13.3. The van der Waals surface area contributed by atoms with Gasteiger partial charge in [0.1, 0.15) is 22.1 Å². The van der Waals surface area contributed by atoms with Gasteiger partial charge in [0, 0.05) is 17.2 Å². The van der Waals surface area contributed by atoms with E-state index in [4.69, 9.17) is 0 Å². The molecule has 2 aliphatic heterocycles. The van der Waals surface area contributed by atoms with Crippen molar-refractivity contribution in [3.05, 3.63) is 77.4 Å². The van der Waals surface area contributed by atoms with E-state index in [-0.39, 0.29) is 17.9 Å². The van der Waals surface area contributed by atoms with Gasteiger partial charge in [-0.3, -0.25) is 19.3 Å². The third kappa shape index (κ3) is 5.28. The number of rotatable bonds is 9. The Labute approximate surface area is 240 Å². The molecule has 2 aromatic heterocycles. The predicted molar refractivity (Wildman–Crippen MR) is 151 cm³/mol. The van der Waals surface area contributed by atoms with Crippen LogP contribution in [0, 0.1) is 0 Å². The number of thioether (sulfide) groups is 2. The molecule has 0 bridgehead atoms. The van der Waals surface area contributed by atoms with E-state index in [2.05, 4.69) is 36.0 Å². The van der Waals surface area contributed by atoms with E-state index >= 15 is 0 Å². The van der Waals surface area contributed by atoms with Crippen LogP contribution in [0.3, 0.4) is 0 Å². The Balaban J connectivity index is 1.11. The highest BCUT2D eigenvalue weighted by Gasteiger charge is 2.54. The number of aliphatic carboxylic acids is 1. The number of amides is 3. The van der Waals surface area contributed by atoms with Crippen molar-refractivity contribution in [1.82, 2.24) is 35.6 Å². The van der Waals surface area contributed by atoms with E-state index < -0.39 is 35.1 Å². The van der Waals surface area contributed by atoms with Crippen LogP contribution in [0.25, 0.3) is 11.0 Å². The fraction of sp³-hybridized carbons (Fsp3) is 0.192. The first-order valence-corrected chi connectivity index (χ1v) is 14.4. The van der Waals surface area contributed by atoms with E-state index in [9.17, 15) is 24.3 Å². The SMILES string of the molecule is O=C(Cc1ccccc1NC(=O)c1nc2ccccc2[nH]1)NC1C(=O)N2C(C(=O)O)=C(CSc3cn[nH]n3)CS[C@H]12. The van der Waals surface area contributed by atoms with Gasteiger partial charge < -0.3 is 20.7 Å². The molecular weight excluding hydrogens is 568 g/mol. The first kappa shape index (κ1) is 26.6. The second kappa shape index (κ2) is 11.1. The van der Waals surface area contributed by atoms with Crippen molar-refractivity contribution in [3.8, 4) is 0 Å². The van der Waals surface area contributed by atoms with Crippen molar-refractivity contribution in [1.29, 1.82) is 0 Å². The minimum Gasteiger partial charge on any atom is -0.477 e. The second-order valence-electron chi connectivity index (χ2n) is 9.20. The van der Waals surface area contributed by atoms with Gasteiger partial charge in [-0.25, -0.2) is 9.78 Å². The number of benzene rings is 2. The standard InChI is InChI=1S/C26H22N8O5S2/c35-18(9-13-5-1-2-6-15(13)30-23(36)22-28-16-7-3-4-8-17(16)29-22)31-20-24(37)34-21(26(38)39)14(12-41-25(20)34)11-40-19-10-27-33-32-19/h1-8,10,20,25H,9,11-12H2,(H,28,29)(H,30,36)(H,31,35)(H,38,39)(H,27,32,33)/t20?,25-/m1/s1. The van der Waals surface area contributed by atoms with Crippen molar-refractivity contribution in [2.24, 2.45) is 0 Å². The fourth-order valence-electron chi connectivity index (χ4n) is 4.65. The number of aromatic amines is 2. The van der Waals surface area contributed by atoms with Crippen molar-refractivity contribution in [3.63, 3.8) is 0 Å². The Morgan fingerprint density at radius 1 is 1.15 bits per heavy atom.